The molecule has 2 heterocycles. The molecule has 8 heteroatoms. The van der Waals surface area contributed by atoms with E-state index in [1.54, 1.807) is 48.5 Å². The van der Waals surface area contributed by atoms with Gasteiger partial charge in [-0.15, -0.1) is 11.3 Å². The molecule has 1 aromatic heterocycles. The van der Waals surface area contributed by atoms with Gasteiger partial charge in [0.05, 0.1) is 20.5 Å². The molecule has 28 heavy (non-hydrogen) atoms. The van der Waals surface area contributed by atoms with Crippen LogP contribution in [0.2, 0.25) is 5.02 Å². The Hall–Kier alpha value is -1.80. The second-order valence-corrected chi connectivity index (χ2v) is 9.31. The second-order valence-electron chi connectivity index (χ2n) is 6.00. The molecule has 0 fully saturated rings. The summed E-state index contributed by atoms with van der Waals surface area (Å²) in [4.78, 5) is 40.2. The molecular weight excluding hydrogens is 530 g/mol. The van der Waals surface area contributed by atoms with E-state index in [1.807, 2.05) is 0 Å². The molecule has 0 atom stereocenters. The monoisotopic (exact) mass is 537 g/mol. The Morgan fingerprint density at radius 3 is 2.11 bits per heavy atom. The highest BCUT2D eigenvalue weighted by Crippen LogP contribution is 2.44. The van der Waals surface area contributed by atoms with E-state index in [0.717, 1.165) is 4.90 Å². The third kappa shape index (κ3) is 3.06. The Morgan fingerprint density at radius 2 is 1.57 bits per heavy atom. The average molecular weight is 540 g/mol. The van der Waals surface area contributed by atoms with Crippen LogP contribution in [0.15, 0.2) is 52.3 Å². The number of anilines is 1. The first-order valence-electron chi connectivity index (χ1n) is 8.09. The molecule has 4 rings (SSSR count). The normalized spacial score (nSPS) is 13.2. The number of ketones is 1. The van der Waals surface area contributed by atoms with Gasteiger partial charge < -0.3 is 0 Å². The molecule has 0 aliphatic carbocycles. The topological polar surface area (TPSA) is 54.5 Å². The van der Waals surface area contributed by atoms with Crippen LogP contribution in [0, 0.1) is 0 Å². The van der Waals surface area contributed by atoms with Gasteiger partial charge in [-0.2, -0.15) is 0 Å². The van der Waals surface area contributed by atoms with Gasteiger partial charge in [0.15, 0.2) is 5.78 Å². The molecule has 1 aliphatic heterocycles. The van der Waals surface area contributed by atoms with E-state index in [0.29, 0.717) is 47.0 Å². The molecule has 0 spiro atoms. The number of carbonyl (C=O) groups is 3. The molecule has 3 aromatic rings. The Morgan fingerprint density at radius 1 is 1.00 bits per heavy atom. The lowest BCUT2D eigenvalue weighted by Crippen LogP contribution is -2.30. The van der Waals surface area contributed by atoms with Crippen LogP contribution in [-0.4, -0.2) is 17.6 Å². The Labute approximate surface area is 186 Å². The fourth-order valence-corrected chi connectivity index (χ4v) is 6.14. The van der Waals surface area contributed by atoms with Gasteiger partial charge in [-0.25, -0.2) is 4.90 Å². The van der Waals surface area contributed by atoms with E-state index < -0.39 is 11.8 Å². The molecule has 4 nitrogen and oxygen atoms in total. The maximum atomic E-state index is 13.3. The predicted molar refractivity (Wildman–Crippen MR) is 117 cm³/mol. The van der Waals surface area contributed by atoms with E-state index in [-0.39, 0.29) is 5.78 Å². The Balaban J connectivity index is 1.88. The number of imide groups is 1. The maximum absolute atomic E-state index is 13.3. The SMILES string of the molecule is O=C(c1ccc(Cl)cc1)c1c(N2C(=O)c3ccccc3C2=O)sc(Br)c1CBr. The van der Waals surface area contributed by atoms with Gasteiger partial charge in [-0.05, 0) is 52.3 Å². The first kappa shape index (κ1) is 19.5. The predicted octanol–water partition coefficient (Wildman–Crippen LogP) is 6.09. The number of nitrogens with zero attached hydrogens (tertiary/aromatic N) is 1. The highest BCUT2D eigenvalue weighted by molar-refractivity contribution is 9.11. The molecule has 0 radical (unpaired) electrons. The molecule has 0 unspecified atom stereocenters. The Kier molecular flexibility index (Phi) is 5.26. The van der Waals surface area contributed by atoms with Crippen LogP contribution in [0.4, 0.5) is 5.00 Å². The van der Waals surface area contributed by atoms with E-state index >= 15 is 0 Å². The number of hydrogen-bond donors (Lipinski definition) is 0. The summed E-state index contributed by atoms with van der Waals surface area (Å²) in [6.07, 6.45) is 0. The summed E-state index contributed by atoms with van der Waals surface area (Å²) in [5.74, 6) is -1.14. The van der Waals surface area contributed by atoms with Gasteiger partial charge >= 0.3 is 0 Å². The number of rotatable bonds is 4. The van der Waals surface area contributed by atoms with Crippen LogP contribution in [0.5, 0.6) is 0 Å². The summed E-state index contributed by atoms with van der Waals surface area (Å²) in [5, 5.41) is 1.22. The van der Waals surface area contributed by atoms with Crippen molar-refractivity contribution in [2.75, 3.05) is 4.90 Å². The maximum Gasteiger partial charge on any atom is 0.266 e. The van der Waals surface area contributed by atoms with Crippen LogP contribution in [0.1, 0.15) is 42.2 Å². The number of thiophene rings is 1. The van der Waals surface area contributed by atoms with E-state index in [2.05, 4.69) is 31.9 Å². The number of amides is 2. The van der Waals surface area contributed by atoms with Crippen molar-refractivity contribution in [1.82, 2.24) is 0 Å². The van der Waals surface area contributed by atoms with Crippen molar-refractivity contribution in [3.63, 3.8) is 0 Å². The summed E-state index contributed by atoms with van der Waals surface area (Å²) in [7, 11) is 0. The van der Waals surface area contributed by atoms with Crippen LogP contribution < -0.4 is 4.90 Å². The van der Waals surface area contributed by atoms with Crippen molar-refractivity contribution < 1.29 is 14.4 Å². The lowest BCUT2D eigenvalue weighted by Gasteiger charge is -2.14. The molecule has 2 amide bonds. The number of halogens is 3. The van der Waals surface area contributed by atoms with Gasteiger partial charge in [0.1, 0.15) is 5.00 Å². The smallest absolute Gasteiger partial charge is 0.266 e. The molecular formula is C20H10Br2ClNO3S. The van der Waals surface area contributed by atoms with Gasteiger partial charge in [-0.3, -0.25) is 14.4 Å². The van der Waals surface area contributed by atoms with Gasteiger partial charge in [0.2, 0.25) is 0 Å². The lowest BCUT2D eigenvalue weighted by molar-refractivity contribution is 0.0927. The van der Waals surface area contributed by atoms with Crippen LogP contribution >= 0.6 is 54.8 Å². The summed E-state index contributed by atoms with van der Waals surface area (Å²) < 4.78 is 0.688. The highest BCUT2D eigenvalue weighted by Gasteiger charge is 2.40. The first-order valence-corrected chi connectivity index (χ1v) is 11.2. The van der Waals surface area contributed by atoms with Crippen molar-refractivity contribution in [1.29, 1.82) is 0 Å². The number of alkyl halides is 1. The third-order valence-corrected chi connectivity index (χ3v) is 7.19. The minimum absolute atomic E-state index is 0.278. The average Bonchev–Trinajstić information content (AvgIpc) is 3.15. The van der Waals surface area contributed by atoms with Crippen molar-refractivity contribution in [2.45, 2.75) is 5.33 Å². The number of fused-ring (bicyclic) bond motifs is 1. The zero-order valence-corrected chi connectivity index (χ0v) is 18.8. The summed E-state index contributed by atoms with van der Waals surface area (Å²) >= 11 is 14.0. The number of carbonyl (C=O) groups excluding carboxylic acids is 3. The fourth-order valence-electron chi connectivity index (χ4n) is 3.06. The van der Waals surface area contributed by atoms with E-state index in [9.17, 15) is 14.4 Å². The standard InChI is InChI=1S/C20H10Br2ClNO3S/c21-9-14-15(16(25)10-5-7-11(23)8-6-10)20(28-17(14)22)24-18(26)12-3-1-2-4-13(12)19(24)27/h1-8H,9H2. The number of benzene rings is 2. The van der Waals surface area contributed by atoms with E-state index in [4.69, 9.17) is 11.6 Å². The molecule has 140 valence electrons. The molecule has 0 saturated heterocycles. The van der Waals surface area contributed by atoms with Crippen molar-refractivity contribution in [2.24, 2.45) is 0 Å². The van der Waals surface area contributed by atoms with E-state index in [1.165, 1.54) is 11.3 Å². The van der Waals surface area contributed by atoms with Crippen molar-refractivity contribution in [3.8, 4) is 0 Å². The second kappa shape index (κ2) is 7.55. The van der Waals surface area contributed by atoms with Gasteiger partial charge in [0, 0.05) is 21.5 Å². The fraction of sp³-hybridized carbons (Fsp3) is 0.0500. The highest BCUT2D eigenvalue weighted by atomic mass is 79.9. The first-order chi connectivity index (χ1) is 13.4. The largest absolute Gasteiger partial charge is 0.288 e. The molecule has 0 saturated carbocycles. The van der Waals surface area contributed by atoms with Gasteiger partial charge in [0.25, 0.3) is 11.8 Å². The minimum Gasteiger partial charge on any atom is -0.288 e. The number of hydrogen-bond acceptors (Lipinski definition) is 4. The van der Waals surface area contributed by atoms with Crippen molar-refractivity contribution >= 4 is 77.4 Å². The van der Waals surface area contributed by atoms with Crippen LogP contribution in [0.3, 0.4) is 0 Å². The van der Waals surface area contributed by atoms with Crippen LogP contribution in [-0.2, 0) is 5.33 Å². The summed E-state index contributed by atoms with van der Waals surface area (Å²) in [6.45, 7) is 0. The zero-order chi connectivity index (χ0) is 20.0. The molecule has 2 aromatic carbocycles. The minimum atomic E-state index is -0.430. The summed E-state index contributed by atoms with van der Waals surface area (Å²) in [5.41, 5.74) is 2.11. The Bertz CT molecular complexity index is 1110. The molecule has 1 aliphatic rings. The lowest BCUT2D eigenvalue weighted by atomic mass is 10.0. The third-order valence-electron chi connectivity index (χ3n) is 4.40. The summed E-state index contributed by atoms with van der Waals surface area (Å²) in [6, 6.07) is 13.2. The molecule has 0 bridgehead atoms. The van der Waals surface area contributed by atoms with Crippen LogP contribution in [0.25, 0.3) is 0 Å². The van der Waals surface area contributed by atoms with Crippen molar-refractivity contribution in [3.05, 3.63) is 85.2 Å². The molecule has 0 N–H and O–H groups in total. The zero-order valence-electron chi connectivity index (χ0n) is 14.0. The quantitative estimate of drug-likeness (QED) is 0.229. The van der Waals surface area contributed by atoms with Gasteiger partial charge in [-0.1, -0.05) is 39.7 Å².